The summed E-state index contributed by atoms with van der Waals surface area (Å²) in [6.07, 6.45) is 15.1. The number of alkyl halides is 1. The van der Waals surface area contributed by atoms with E-state index in [0.29, 0.717) is 11.9 Å². The molecular formula is C38H51FN3O5P. The maximum atomic E-state index is 15.3. The third-order valence-corrected chi connectivity index (χ3v) is 13.2. The number of nitrogens with one attached hydrogen (secondary N) is 1. The second-order valence-electron chi connectivity index (χ2n) is 14.5. The fourth-order valence-corrected chi connectivity index (χ4v) is 10.5. The zero-order chi connectivity index (χ0) is 34.8. The molecule has 2 fully saturated rings. The topological polar surface area (TPSA) is 103 Å². The molecule has 3 unspecified atom stereocenters. The van der Waals surface area contributed by atoms with Gasteiger partial charge in [-0.3, -0.25) is 9.88 Å². The van der Waals surface area contributed by atoms with Gasteiger partial charge in [-0.15, -0.1) is 0 Å². The van der Waals surface area contributed by atoms with Gasteiger partial charge in [-0.25, -0.2) is 14.0 Å². The molecule has 1 amide bonds. The molecule has 2 N–H and O–H groups in total. The van der Waals surface area contributed by atoms with Gasteiger partial charge >= 0.3 is 11.8 Å². The van der Waals surface area contributed by atoms with Crippen LogP contribution in [0.4, 0.5) is 15.0 Å². The summed E-state index contributed by atoms with van der Waals surface area (Å²) in [5.74, 6) is 0.439. The van der Waals surface area contributed by atoms with Crippen molar-refractivity contribution < 1.29 is 23.8 Å². The monoisotopic (exact) mass is 679 g/mol. The molecule has 8 nitrogen and oxygen atoms in total. The van der Waals surface area contributed by atoms with Crippen LogP contribution in [0, 0.1) is 12.8 Å². The van der Waals surface area contributed by atoms with E-state index in [4.69, 9.17) is 9.47 Å². The Morgan fingerprint density at radius 3 is 2.50 bits per heavy atom. The number of carbonyl (C=O) groups is 1. The molecule has 0 aliphatic carbocycles. The zero-order valence-electron chi connectivity index (χ0n) is 29.4. The van der Waals surface area contributed by atoms with Crippen molar-refractivity contribution in [3.63, 3.8) is 0 Å². The summed E-state index contributed by atoms with van der Waals surface area (Å²) in [6.45, 7) is 14.7. The average molecular weight is 680 g/mol. The number of anilines is 1. The van der Waals surface area contributed by atoms with E-state index >= 15 is 4.39 Å². The number of fused-ring (bicyclic) bond motifs is 2. The number of hydrogen-bond acceptors (Lipinski definition) is 6. The summed E-state index contributed by atoms with van der Waals surface area (Å²) in [5, 5.41) is 11.0. The summed E-state index contributed by atoms with van der Waals surface area (Å²) in [4.78, 5) is 29.3. The minimum Gasteiger partial charge on any atom is -0.487 e. The molecular weight excluding hydrogens is 628 g/mol. The molecule has 5 rings (SSSR count). The smallest absolute Gasteiger partial charge is 0.418 e. The predicted molar refractivity (Wildman–Crippen MR) is 191 cm³/mol. The number of hydrogen-bond donors (Lipinski definition) is 2. The van der Waals surface area contributed by atoms with Crippen molar-refractivity contribution in [3.05, 3.63) is 81.0 Å². The molecule has 2 aromatic rings. The second kappa shape index (κ2) is 14.7. The quantitative estimate of drug-likeness (QED) is 0.171. The molecule has 0 spiro atoms. The van der Waals surface area contributed by atoms with Gasteiger partial charge in [0.05, 0.1) is 6.10 Å². The molecule has 2 saturated heterocycles. The van der Waals surface area contributed by atoms with Crippen LogP contribution in [-0.4, -0.2) is 44.0 Å². The Kier molecular flexibility index (Phi) is 11.0. The highest BCUT2D eigenvalue weighted by Crippen LogP contribution is 2.88. The normalized spacial score (nSPS) is 27.9. The first-order valence-electron chi connectivity index (χ1n) is 17.2. The van der Waals surface area contributed by atoms with Crippen molar-refractivity contribution in [2.45, 2.75) is 123 Å². The fraction of sp³-hybridized carbons (Fsp3) is 0.553. The Bertz CT molecular complexity index is 1680. The minimum atomic E-state index is -1.74. The molecule has 260 valence electrons. The Hall–Kier alpha value is -3.29. The van der Waals surface area contributed by atoms with Crippen LogP contribution >= 0.6 is 7.92 Å². The number of aliphatic hydroxyl groups excluding tert-OH is 1. The number of ether oxygens (including phenoxy) is 2. The number of carbonyl (C=O) groups excluding carboxylic acids is 1. The number of rotatable bonds is 12. The van der Waals surface area contributed by atoms with E-state index in [-0.39, 0.29) is 17.3 Å². The number of benzene rings is 1. The van der Waals surface area contributed by atoms with E-state index in [9.17, 15) is 14.7 Å². The fourth-order valence-electron chi connectivity index (χ4n) is 6.98. The first kappa shape index (κ1) is 36.0. The van der Waals surface area contributed by atoms with E-state index in [2.05, 4.69) is 63.1 Å². The van der Waals surface area contributed by atoms with E-state index in [1.54, 1.807) is 6.07 Å². The van der Waals surface area contributed by atoms with Crippen LogP contribution in [-0.2, 0) is 6.42 Å². The molecule has 0 bridgehead atoms. The van der Waals surface area contributed by atoms with Crippen LogP contribution < -0.4 is 20.5 Å². The molecule has 1 aromatic heterocycles. The Morgan fingerprint density at radius 1 is 1.17 bits per heavy atom. The minimum absolute atomic E-state index is 0.0152. The van der Waals surface area contributed by atoms with E-state index in [1.807, 2.05) is 19.9 Å². The Labute approximate surface area is 285 Å². The SMILES string of the molecule is CC(C)=CCC/C(C)=C/CC/C(C)=C/CC[C@]1(C)CCc2cc(OC(=O)Nc3ccn([C@@H]4P5CC(C)[C@H](O)C45F)c(=O)n3)cc(C)c2O1. The summed E-state index contributed by atoms with van der Waals surface area (Å²) in [5.41, 5.74) is 5.16. The van der Waals surface area contributed by atoms with E-state index in [1.165, 1.54) is 33.5 Å². The standard InChI is InChI=1S/C38H51FN3O5P/c1-24(2)11-8-12-25(3)13-9-14-26(4)15-10-18-37(7)19-16-29-22-30(21-27(5)32(29)47-37)46-36(45)41-31-17-20-42(35(44)40-31)34-38(39)33(43)28(6)23-48(34)38/h11,13,15,17,20-22,28,33-34,43H,8-10,12,14,16,18-19,23H2,1-7H3,(H,40,41,44,45)/b25-13+,26-15+/t28?,33-,34+,37+,38?,48?/m0/s1. The molecule has 3 aliphatic heterocycles. The first-order chi connectivity index (χ1) is 22.7. The van der Waals surface area contributed by atoms with Crippen LogP contribution in [0.2, 0.25) is 0 Å². The number of nitrogens with zero attached hydrogens (tertiary/aromatic N) is 2. The number of halogens is 1. The van der Waals surface area contributed by atoms with E-state index in [0.717, 1.165) is 68.2 Å². The maximum absolute atomic E-state index is 15.3. The Balaban J connectivity index is 1.11. The van der Waals surface area contributed by atoms with Gasteiger partial charge < -0.3 is 14.6 Å². The van der Waals surface area contributed by atoms with Crippen LogP contribution in [0.15, 0.2) is 64.1 Å². The number of aliphatic hydroxyl groups is 1. The lowest BCUT2D eigenvalue weighted by atomic mass is 9.87. The van der Waals surface area contributed by atoms with Gasteiger partial charge in [0.1, 0.15) is 28.7 Å². The van der Waals surface area contributed by atoms with Crippen LogP contribution in [0.1, 0.15) is 103 Å². The van der Waals surface area contributed by atoms with Crippen molar-refractivity contribution in [1.82, 2.24) is 9.55 Å². The second-order valence-corrected chi connectivity index (χ2v) is 17.0. The lowest BCUT2D eigenvalue weighted by Gasteiger charge is -2.37. The third-order valence-electron chi connectivity index (χ3n) is 9.89. The summed E-state index contributed by atoms with van der Waals surface area (Å²) >= 11 is 0. The van der Waals surface area contributed by atoms with E-state index < -0.39 is 37.0 Å². The first-order valence-corrected chi connectivity index (χ1v) is 18.8. The van der Waals surface area contributed by atoms with Crippen molar-refractivity contribution in [2.75, 3.05) is 11.5 Å². The van der Waals surface area contributed by atoms with Crippen LogP contribution in [0.5, 0.6) is 11.5 Å². The van der Waals surface area contributed by atoms with Crippen LogP contribution in [0.3, 0.4) is 0 Å². The summed E-state index contributed by atoms with van der Waals surface area (Å²) in [7, 11) is -1.12. The molecule has 48 heavy (non-hydrogen) atoms. The third kappa shape index (κ3) is 8.11. The van der Waals surface area contributed by atoms with Crippen molar-refractivity contribution >= 4 is 19.8 Å². The van der Waals surface area contributed by atoms with Crippen LogP contribution in [0.25, 0.3) is 0 Å². The van der Waals surface area contributed by atoms with Crippen molar-refractivity contribution in [2.24, 2.45) is 5.92 Å². The van der Waals surface area contributed by atoms with Gasteiger partial charge in [-0.2, -0.15) is 4.98 Å². The van der Waals surface area contributed by atoms with Crippen molar-refractivity contribution in [3.8, 4) is 11.5 Å². The molecule has 10 heteroatoms. The molecule has 0 saturated carbocycles. The average Bonchev–Trinajstić information content (AvgIpc) is 3.51. The predicted octanol–water partition coefficient (Wildman–Crippen LogP) is 9.12. The highest BCUT2D eigenvalue weighted by molar-refractivity contribution is 7.67. The number of amides is 1. The molecule has 3 aliphatic rings. The summed E-state index contributed by atoms with van der Waals surface area (Å²) < 4.78 is 28.6. The number of aromatic nitrogens is 2. The maximum Gasteiger partial charge on any atom is 0.418 e. The lowest BCUT2D eigenvalue weighted by molar-refractivity contribution is 0.0380. The van der Waals surface area contributed by atoms with Gasteiger partial charge in [0.15, 0.2) is 5.41 Å². The molecule has 6 atom stereocenters. The van der Waals surface area contributed by atoms with Crippen molar-refractivity contribution in [1.29, 1.82) is 0 Å². The Morgan fingerprint density at radius 2 is 1.85 bits per heavy atom. The molecule has 0 radical (unpaired) electrons. The molecule has 1 aromatic carbocycles. The highest BCUT2D eigenvalue weighted by Gasteiger charge is 2.76. The van der Waals surface area contributed by atoms with Gasteiger partial charge in [0.25, 0.3) is 0 Å². The van der Waals surface area contributed by atoms with Gasteiger partial charge in [-0.05, 0) is 142 Å². The summed E-state index contributed by atoms with van der Waals surface area (Å²) in [6, 6.07) is 5.05. The number of aryl methyl sites for hydroxylation is 2. The zero-order valence-corrected chi connectivity index (χ0v) is 30.3. The van der Waals surface area contributed by atoms with Gasteiger partial charge in [0.2, 0.25) is 0 Å². The highest BCUT2D eigenvalue weighted by atomic mass is 31.1. The molecule has 4 heterocycles. The van der Waals surface area contributed by atoms with Gasteiger partial charge in [0, 0.05) is 6.20 Å². The largest absolute Gasteiger partial charge is 0.487 e. The lowest BCUT2D eigenvalue weighted by Crippen LogP contribution is -2.36. The number of allylic oxidation sites excluding steroid dienone is 6. The van der Waals surface area contributed by atoms with Gasteiger partial charge in [-0.1, -0.05) is 41.9 Å².